The number of pyridine rings is 1. The molecule has 0 aliphatic carbocycles. The second-order valence-corrected chi connectivity index (χ2v) is 3.86. The molecular formula is C13H17N3O2. The lowest BCUT2D eigenvalue weighted by atomic mass is 10.2. The highest BCUT2D eigenvalue weighted by atomic mass is 16.5. The third-order valence-electron chi connectivity index (χ3n) is 2.56. The molecule has 5 nitrogen and oxygen atoms in total. The molecule has 0 saturated carbocycles. The van der Waals surface area contributed by atoms with Gasteiger partial charge in [-0.05, 0) is 18.6 Å². The minimum absolute atomic E-state index is 0.152. The first-order valence-electron chi connectivity index (χ1n) is 5.77. The third-order valence-corrected chi connectivity index (χ3v) is 2.56. The van der Waals surface area contributed by atoms with Crippen LogP contribution in [-0.2, 0) is 4.74 Å². The quantitative estimate of drug-likeness (QED) is 0.762. The van der Waals surface area contributed by atoms with Crippen molar-refractivity contribution in [2.45, 2.75) is 13.3 Å². The lowest BCUT2D eigenvalue weighted by molar-refractivity contribution is 0.0693. The first kappa shape index (κ1) is 14.1. The summed E-state index contributed by atoms with van der Waals surface area (Å²) in [6.45, 7) is 3.16. The smallest absolute Gasteiger partial charge is 0.272 e. The number of nitriles is 1. The van der Waals surface area contributed by atoms with Gasteiger partial charge in [0.1, 0.15) is 5.69 Å². The zero-order valence-electron chi connectivity index (χ0n) is 10.7. The number of aryl methyl sites for hydroxylation is 1. The molecule has 1 aromatic rings. The maximum Gasteiger partial charge on any atom is 0.272 e. The van der Waals surface area contributed by atoms with Crippen LogP contribution in [0.1, 0.15) is 22.5 Å². The van der Waals surface area contributed by atoms with Crippen molar-refractivity contribution in [2.24, 2.45) is 0 Å². The number of ether oxygens (including phenoxy) is 1. The number of aromatic nitrogens is 1. The van der Waals surface area contributed by atoms with Crippen LogP contribution in [0.4, 0.5) is 0 Å². The molecule has 18 heavy (non-hydrogen) atoms. The Bertz CT molecular complexity index is 440. The summed E-state index contributed by atoms with van der Waals surface area (Å²) in [6.07, 6.45) is 1.90. The summed E-state index contributed by atoms with van der Waals surface area (Å²) in [4.78, 5) is 18.0. The molecule has 1 heterocycles. The van der Waals surface area contributed by atoms with Gasteiger partial charge in [-0.1, -0.05) is 6.07 Å². The fourth-order valence-corrected chi connectivity index (χ4v) is 1.56. The minimum Gasteiger partial charge on any atom is -0.383 e. The summed E-state index contributed by atoms with van der Waals surface area (Å²) in [5.41, 5.74) is 1.27. The second kappa shape index (κ2) is 7.41. The normalized spacial score (nSPS) is 9.83. The number of amides is 1. The van der Waals surface area contributed by atoms with Crippen molar-refractivity contribution in [1.82, 2.24) is 9.88 Å². The Labute approximate surface area is 107 Å². The first-order chi connectivity index (χ1) is 8.70. The van der Waals surface area contributed by atoms with Crippen molar-refractivity contribution in [1.29, 1.82) is 5.26 Å². The predicted molar refractivity (Wildman–Crippen MR) is 67.0 cm³/mol. The molecule has 0 aromatic carbocycles. The van der Waals surface area contributed by atoms with Gasteiger partial charge in [0.15, 0.2) is 0 Å². The molecule has 0 aliphatic rings. The van der Waals surface area contributed by atoms with Gasteiger partial charge in [0, 0.05) is 26.4 Å². The van der Waals surface area contributed by atoms with Gasteiger partial charge in [-0.25, -0.2) is 0 Å². The topological polar surface area (TPSA) is 66.2 Å². The van der Waals surface area contributed by atoms with E-state index in [1.165, 1.54) is 0 Å². The Kier molecular flexibility index (Phi) is 5.81. The molecule has 0 N–H and O–H groups in total. The summed E-state index contributed by atoms with van der Waals surface area (Å²) < 4.78 is 4.97. The number of nitrogens with zero attached hydrogens (tertiary/aromatic N) is 3. The first-order valence-corrected chi connectivity index (χ1v) is 5.77. The zero-order valence-corrected chi connectivity index (χ0v) is 10.7. The van der Waals surface area contributed by atoms with Crippen molar-refractivity contribution in [2.75, 3.05) is 26.8 Å². The zero-order chi connectivity index (χ0) is 13.4. The van der Waals surface area contributed by atoms with Gasteiger partial charge < -0.3 is 9.64 Å². The van der Waals surface area contributed by atoms with Crippen molar-refractivity contribution in [3.8, 4) is 6.07 Å². The fraction of sp³-hybridized carbons (Fsp3) is 0.462. The molecule has 0 radical (unpaired) electrons. The van der Waals surface area contributed by atoms with Crippen molar-refractivity contribution in [3.63, 3.8) is 0 Å². The molecule has 0 aliphatic heterocycles. The number of carbonyl (C=O) groups excluding carboxylic acids is 1. The van der Waals surface area contributed by atoms with Crippen LogP contribution in [0.3, 0.4) is 0 Å². The van der Waals surface area contributed by atoms with Crippen LogP contribution in [0.2, 0.25) is 0 Å². The molecule has 5 heteroatoms. The van der Waals surface area contributed by atoms with Crippen LogP contribution in [0.5, 0.6) is 0 Å². The van der Waals surface area contributed by atoms with Crippen LogP contribution in [0.15, 0.2) is 18.3 Å². The van der Waals surface area contributed by atoms with Crippen LogP contribution in [0, 0.1) is 18.3 Å². The van der Waals surface area contributed by atoms with Gasteiger partial charge in [-0.3, -0.25) is 9.78 Å². The van der Waals surface area contributed by atoms with Gasteiger partial charge >= 0.3 is 0 Å². The molecule has 1 rings (SSSR count). The van der Waals surface area contributed by atoms with E-state index < -0.39 is 0 Å². The maximum atomic E-state index is 12.3. The van der Waals surface area contributed by atoms with Crippen molar-refractivity contribution < 1.29 is 9.53 Å². The van der Waals surface area contributed by atoms with Crippen LogP contribution in [-0.4, -0.2) is 42.6 Å². The Morgan fingerprint density at radius 1 is 1.56 bits per heavy atom. The van der Waals surface area contributed by atoms with E-state index in [-0.39, 0.29) is 5.91 Å². The van der Waals surface area contributed by atoms with E-state index in [9.17, 15) is 4.79 Å². The van der Waals surface area contributed by atoms with Gasteiger partial charge in [0.2, 0.25) is 0 Å². The molecule has 0 bridgehead atoms. The Morgan fingerprint density at radius 2 is 2.33 bits per heavy atom. The summed E-state index contributed by atoms with van der Waals surface area (Å²) in [6, 6.07) is 5.68. The Morgan fingerprint density at radius 3 is 2.94 bits per heavy atom. The molecule has 1 amide bonds. The number of hydrogen-bond acceptors (Lipinski definition) is 4. The molecule has 1 aromatic heterocycles. The van der Waals surface area contributed by atoms with E-state index in [2.05, 4.69) is 4.98 Å². The van der Waals surface area contributed by atoms with Gasteiger partial charge in [0.05, 0.1) is 19.1 Å². The minimum atomic E-state index is -0.152. The van der Waals surface area contributed by atoms with Gasteiger partial charge in [-0.2, -0.15) is 5.26 Å². The van der Waals surface area contributed by atoms with Crippen LogP contribution >= 0.6 is 0 Å². The van der Waals surface area contributed by atoms with Crippen molar-refractivity contribution in [3.05, 3.63) is 29.6 Å². The van der Waals surface area contributed by atoms with Gasteiger partial charge in [-0.15, -0.1) is 0 Å². The number of carbonyl (C=O) groups is 1. The van der Waals surface area contributed by atoms with Crippen LogP contribution < -0.4 is 0 Å². The summed E-state index contributed by atoms with van der Waals surface area (Å²) in [7, 11) is 1.58. The molecule has 0 unspecified atom stereocenters. The van der Waals surface area contributed by atoms with Gasteiger partial charge in [0.25, 0.3) is 5.91 Å². The second-order valence-electron chi connectivity index (χ2n) is 3.86. The highest BCUT2D eigenvalue weighted by molar-refractivity contribution is 5.93. The number of hydrogen-bond donors (Lipinski definition) is 0. The Balaban J connectivity index is 2.81. The van der Waals surface area contributed by atoms with E-state index in [4.69, 9.17) is 10.00 Å². The fourth-order valence-electron chi connectivity index (χ4n) is 1.56. The summed E-state index contributed by atoms with van der Waals surface area (Å²) >= 11 is 0. The van der Waals surface area contributed by atoms with Crippen molar-refractivity contribution >= 4 is 5.91 Å². The largest absolute Gasteiger partial charge is 0.383 e. The molecule has 0 spiro atoms. The molecule has 0 saturated heterocycles. The average molecular weight is 247 g/mol. The SMILES string of the molecule is COCCN(CCC#N)C(=O)c1ncccc1C. The highest BCUT2D eigenvalue weighted by Gasteiger charge is 2.18. The predicted octanol–water partition coefficient (Wildman–Crippen LogP) is 1.39. The van der Waals surface area contributed by atoms with Crippen LogP contribution in [0.25, 0.3) is 0 Å². The van der Waals surface area contributed by atoms with E-state index in [1.54, 1.807) is 24.3 Å². The standard InChI is InChI=1S/C13H17N3O2/c1-11-5-3-7-15-12(11)13(17)16(8-4-6-14)9-10-18-2/h3,5,7H,4,8-10H2,1-2H3. The van der Waals surface area contributed by atoms with E-state index >= 15 is 0 Å². The van der Waals surface area contributed by atoms with E-state index in [0.717, 1.165) is 5.56 Å². The number of rotatable bonds is 6. The van der Waals surface area contributed by atoms with E-state index in [1.807, 2.05) is 19.1 Å². The molecular weight excluding hydrogens is 230 g/mol. The lowest BCUT2D eigenvalue weighted by Crippen LogP contribution is -2.35. The Hall–Kier alpha value is -1.93. The average Bonchev–Trinajstić information content (AvgIpc) is 2.39. The number of methoxy groups -OCH3 is 1. The summed E-state index contributed by atoms with van der Waals surface area (Å²) in [5, 5.41) is 8.61. The monoisotopic (exact) mass is 247 g/mol. The highest BCUT2D eigenvalue weighted by Crippen LogP contribution is 2.08. The molecule has 0 atom stereocenters. The summed E-state index contributed by atoms with van der Waals surface area (Å²) in [5.74, 6) is -0.152. The van der Waals surface area contributed by atoms with E-state index in [0.29, 0.717) is 31.8 Å². The molecule has 96 valence electrons. The third kappa shape index (κ3) is 3.82. The maximum absolute atomic E-state index is 12.3. The molecule has 0 fully saturated rings. The lowest BCUT2D eigenvalue weighted by Gasteiger charge is -2.21.